The first-order valence-electron chi connectivity index (χ1n) is 7.47. The van der Waals surface area contributed by atoms with E-state index in [0.29, 0.717) is 12.0 Å². The Hall–Kier alpha value is -2.05. The molecule has 23 heavy (non-hydrogen) atoms. The first-order valence-corrected chi connectivity index (χ1v) is 7.47. The molecule has 2 atom stereocenters. The van der Waals surface area contributed by atoms with Gasteiger partial charge in [0.05, 0.1) is 5.56 Å². The number of carboxylic acid groups (broad SMARTS) is 1. The monoisotopic (exact) mass is 327 g/mol. The highest BCUT2D eigenvalue weighted by Gasteiger charge is 2.48. The summed E-state index contributed by atoms with van der Waals surface area (Å²) in [5.74, 6) is -1.66. The van der Waals surface area contributed by atoms with Gasteiger partial charge in [-0.3, -0.25) is 9.59 Å². The highest BCUT2D eigenvalue weighted by molar-refractivity contribution is 5.86. The quantitative estimate of drug-likeness (QED) is 0.905. The summed E-state index contributed by atoms with van der Waals surface area (Å²) >= 11 is 0. The molecule has 0 spiro atoms. The summed E-state index contributed by atoms with van der Waals surface area (Å²) in [5.41, 5.74) is -0.0160. The van der Waals surface area contributed by atoms with Crippen molar-refractivity contribution in [3.63, 3.8) is 0 Å². The van der Waals surface area contributed by atoms with Crippen LogP contribution in [0.4, 0.5) is 13.2 Å². The summed E-state index contributed by atoms with van der Waals surface area (Å²) in [6.07, 6.45) is -2.18. The van der Waals surface area contributed by atoms with E-state index in [0.717, 1.165) is 25.0 Å². The van der Waals surface area contributed by atoms with Crippen molar-refractivity contribution >= 4 is 11.9 Å². The molecule has 0 heterocycles. The Labute approximate surface area is 130 Å². The van der Waals surface area contributed by atoms with Gasteiger partial charge in [0, 0.05) is 12.0 Å². The van der Waals surface area contributed by atoms with Crippen molar-refractivity contribution in [3.8, 4) is 0 Å². The molecule has 2 fully saturated rings. The second-order valence-electron chi connectivity index (χ2n) is 6.16. The predicted molar refractivity (Wildman–Crippen MR) is 74.7 cm³/mol. The number of nitrogens with zero attached hydrogens (tertiary/aromatic N) is 1. The van der Waals surface area contributed by atoms with Gasteiger partial charge >= 0.3 is 12.1 Å². The van der Waals surface area contributed by atoms with Crippen molar-refractivity contribution in [1.82, 2.24) is 4.90 Å². The van der Waals surface area contributed by atoms with Gasteiger partial charge in [-0.25, -0.2) is 0 Å². The Balaban J connectivity index is 1.66. The molecule has 2 aliphatic rings. The number of aliphatic carboxylic acids is 1. The van der Waals surface area contributed by atoms with E-state index in [4.69, 9.17) is 5.11 Å². The topological polar surface area (TPSA) is 57.6 Å². The number of carbonyl (C=O) groups excluding carboxylic acids is 1. The molecular weight excluding hydrogens is 311 g/mol. The van der Waals surface area contributed by atoms with Crippen LogP contribution in [0.3, 0.4) is 0 Å². The van der Waals surface area contributed by atoms with E-state index in [2.05, 4.69) is 0 Å². The van der Waals surface area contributed by atoms with E-state index < -0.39 is 17.7 Å². The van der Waals surface area contributed by atoms with Crippen LogP contribution in [0.5, 0.6) is 0 Å². The van der Waals surface area contributed by atoms with E-state index in [-0.39, 0.29) is 30.3 Å². The maximum atomic E-state index is 12.5. The van der Waals surface area contributed by atoms with Gasteiger partial charge in [-0.15, -0.1) is 0 Å². The average molecular weight is 327 g/mol. The molecule has 2 aliphatic carbocycles. The molecule has 7 heteroatoms. The van der Waals surface area contributed by atoms with Crippen LogP contribution in [0.2, 0.25) is 0 Å². The van der Waals surface area contributed by atoms with Crippen LogP contribution in [0.25, 0.3) is 0 Å². The minimum Gasteiger partial charge on any atom is -0.480 e. The first kappa shape index (κ1) is 15.8. The maximum absolute atomic E-state index is 12.5. The molecule has 4 nitrogen and oxygen atoms in total. The average Bonchev–Trinajstić information content (AvgIpc) is 3.36. The molecule has 0 saturated heterocycles. The normalized spacial score (nSPS) is 23.4. The third kappa shape index (κ3) is 3.48. The Morgan fingerprint density at radius 2 is 1.78 bits per heavy atom. The molecule has 124 valence electrons. The Bertz CT molecular complexity index is 622. The number of carboxylic acids is 1. The lowest BCUT2D eigenvalue weighted by Gasteiger charge is -2.20. The fourth-order valence-electron chi connectivity index (χ4n) is 2.89. The number of halogens is 3. The van der Waals surface area contributed by atoms with Gasteiger partial charge in [-0.1, -0.05) is 12.1 Å². The fourth-order valence-corrected chi connectivity index (χ4v) is 2.89. The van der Waals surface area contributed by atoms with Gasteiger partial charge in [0.2, 0.25) is 5.91 Å². The fraction of sp³-hybridized carbons (Fsp3) is 0.500. The second kappa shape index (κ2) is 5.54. The zero-order chi connectivity index (χ0) is 16.8. The smallest absolute Gasteiger partial charge is 0.416 e. The summed E-state index contributed by atoms with van der Waals surface area (Å²) in [4.78, 5) is 24.7. The van der Waals surface area contributed by atoms with Crippen LogP contribution in [-0.2, 0) is 15.8 Å². The van der Waals surface area contributed by atoms with Gasteiger partial charge < -0.3 is 10.0 Å². The van der Waals surface area contributed by atoms with E-state index in [9.17, 15) is 22.8 Å². The van der Waals surface area contributed by atoms with E-state index in [1.165, 1.54) is 17.0 Å². The Kier molecular flexibility index (Phi) is 3.82. The van der Waals surface area contributed by atoms with Gasteiger partial charge in [0.25, 0.3) is 0 Å². The summed E-state index contributed by atoms with van der Waals surface area (Å²) in [5, 5.41) is 8.90. The number of hydrogen-bond acceptors (Lipinski definition) is 2. The zero-order valence-corrected chi connectivity index (χ0v) is 12.2. The Morgan fingerprint density at radius 3 is 2.26 bits per heavy atom. The predicted octanol–water partition coefficient (Wildman–Crippen LogP) is 2.88. The van der Waals surface area contributed by atoms with Gasteiger partial charge in [0.1, 0.15) is 6.54 Å². The van der Waals surface area contributed by atoms with E-state index >= 15 is 0 Å². The standard InChI is InChI=1S/C16H16F3NO3/c17-16(18,19)10-3-1-9(2-4-10)12-7-13(12)15(23)20(8-14(21)22)11-5-6-11/h1-4,11-13H,5-8H2,(H,21,22). The number of benzene rings is 1. The van der Waals surface area contributed by atoms with Crippen molar-refractivity contribution in [2.75, 3.05) is 6.54 Å². The molecule has 0 radical (unpaired) electrons. The molecule has 1 N–H and O–H groups in total. The summed E-state index contributed by atoms with van der Waals surface area (Å²) in [7, 11) is 0. The van der Waals surface area contributed by atoms with Crippen LogP contribution in [-0.4, -0.2) is 34.5 Å². The number of alkyl halides is 3. The van der Waals surface area contributed by atoms with Crippen molar-refractivity contribution in [2.24, 2.45) is 5.92 Å². The number of rotatable bonds is 5. The molecule has 0 aliphatic heterocycles. The zero-order valence-electron chi connectivity index (χ0n) is 12.2. The summed E-state index contributed by atoms with van der Waals surface area (Å²) in [6.45, 7) is -0.306. The second-order valence-corrected chi connectivity index (χ2v) is 6.16. The Morgan fingerprint density at radius 1 is 1.17 bits per heavy atom. The highest BCUT2D eigenvalue weighted by Crippen LogP contribution is 2.49. The maximum Gasteiger partial charge on any atom is 0.416 e. The summed E-state index contributed by atoms with van der Waals surface area (Å²) in [6, 6.07) is 4.85. The lowest BCUT2D eigenvalue weighted by Crippen LogP contribution is -2.38. The van der Waals surface area contributed by atoms with Crippen LogP contribution in [0, 0.1) is 5.92 Å². The van der Waals surface area contributed by atoms with Crippen LogP contribution in [0.1, 0.15) is 36.3 Å². The van der Waals surface area contributed by atoms with Crippen LogP contribution >= 0.6 is 0 Å². The molecule has 2 unspecified atom stereocenters. The molecular formula is C16H16F3NO3. The SMILES string of the molecule is O=C(O)CN(C(=O)C1CC1c1ccc(C(F)(F)F)cc1)C1CC1. The molecule has 2 saturated carbocycles. The molecule has 1 aromatic carbocycles. The van der Waals surface area contributed by atoms with Crippen molar-refractivity contribution in [1.29, 1.82) is 0 Å². The van der Waals surface area contributed by atoms with Gasteiger partial charge in [0.15, 0.2) is 0 Å². The molecule has 1 aromatic rings. The molecule has 3 rings (SSSR count). The minimum atomic E-state index is -4.37. The lowest BCUT2D eigenvalue weighted by atomic mass is 10.1. The summed E-state index contributed by atoms with van der Waals surface area (Å²) < 4.78 is 37.6. The lowest BCUT2D eigenvalue weighted by molar-refractivity contribution is -0.145. The van der Waals surface area contributed by atoms with Crippen LogP contribution < -0.4 is 0 Å². The van der Waals surface area contributed by atoms with Crippen molar-refractivity contribution in [3.05, 3.63) is 35.4 Å². The number of amides is 1. The number of carbonyl (C=O) groups is 2. The third-order valence-corrected chi connectivity index (χ3v) is 4.35. The van der Waals surface area contributed by atoms with Gasteiger partial charge in [-0.05, 0) is 42.9 Å². The minimum absolute atomic E-state index is 0.00690. The van der Waals surface area contributed by atoms with Crippen LogP contribution in [0.15, 0.2) is 24.3 Å². The van der Waals surface area contributed by atoms with E-state index in [1.54, 1.807) is 0 Å². The molecule has 1 amide bonds. The van der Waals surface area contributed by atoms with Crippen molar-refractivity contribution in [2.45, 2.75) is 37.4 Å². The number of hydrogen-bond donors (Lipinski definition) is 1. The third-order valence-electron chi connectivity index (χ3n) is 4.35. The first-order chi connectivity index (χ1) is 10.8. The van der Waals surface area contributed by atoms with E-state index in [1.807, 2.05) is 0 Å². The van der Waals surface area contributed by atoms with Gasteiger partial charge in [-0.2, -0.15) is 13.2 Å². The van der Waals surface area contributed by atoms with Crippen molar-refractivity contribution < 1.29 is 27.9 Å². The highest BCUT2D eigenvalue weighted by atomic mass is 19.4. The largest absolute Gasteiger partial charge is 0.480 e. The molecule has 0 bridgehead atoms. The molecule has 0 aromatic heterocycles.